The third kappa shape index (κ3) is 20.7. The van der Waals surface area contributed by atoms with Gasteiger partial charge in [0.2, 0.25) is 0 Å². The molecule has 0 saturated carbocycles. The predicted molar refractivity (Wildman–Crippen MR) is 494 cm³/mol. The van der Waals surface area contributed by atoms with Crippen LogP contribution in [0.4, 0.5) is 0 Å². The van der Waals surface area contributed by atoms with Crippen LogP contribution in [0.2, 0.25) is 0 Å². The van der Waals surface area contributed by atoms with E-state index in [1.54, 1.807) is 0 Å². The molecule has 0 bridgehead atoms. The Morgan fingerprint density at radius 1 is 0.233 bits per heavy atom. The SMILES string of the molecule is Cc1cc(-c2[c-]cccc2)ncc1-c1ccccc1.Cc1cc(-c2[c-]cccc2)ncc1-c1ccccc1.Cc1cc(-c2[c-]cccc2)ncc1-c1ccccc1.Cc1ccnc(-c2[c-]cc3c(c2)sc2ccccc23)c1.Cc1ccnc(-c2[c-]cc3sc4ccccc4c3c2)c1.Cc1ccnc(-c2[c-]ccc3c2sc2ccccc23)c1.[Ir].[Ir].[Ir]. The summed E-state index contributed by atoms with van der Waals surface area (Å²) >= 11 is 5.46. The van der Waals surface area contributed by atoms with Gasteiger partial charge in [-0.1, -0.05) is 215 Å². The van der Waals surface area contributed by atoms with E-state index in [2.05, 4.69) is 284 Å². The van der Waals surface area contributed by atoms with Gasteiger partial charge in [0.05, 0.1) is 0 Å². The fourth-order valence-corrected chi connectivity index (χ4v) is 17.5. The van der Waals surface area contributed by atoms with Crippen LogP contribution >= 0.6 is 34.0 Å². The summed E-state index contributed by atoms with van der Waals surface area (Å²) in [5.74, 6) is 0. The van der Waals surface area contributed by atoms with Crippen molar-refractivity contribution >= 4 is 94.5 Å². The van der Waals surface area contributed by atoms with E-state index in [4.69, 9.17) is 0 Å². The number of aromatic nitrogens is 6. The molecule has 591 valence electrons. The summed E-state index contributed by atoms with van der Waals surface area (Å²) in [7, 11) is 0. The van der Waals surface area contributed by atoms with Crippen molar-refractivity contribution in [3.63, 3.8) is 0 Å². The Hall–Kier alpha value is -11.9. The van der Waals surface area contributed by atoms with Gasteiger partial charge in [0.15, 0.2) is 0 Å². The van der Waals surface area contributed by atoms with Crippen molar-refractivity contribution in [2.75, 3.05) is 0 Å². The number of benzene rings is 12. The first kappa shape index (κ1) is 86.0. The molecule has 0 aliphatic rings. The van der Waals surface area contributed by atoms with Gasteiger partial charge in [-0.3, -0.25) is 0 Å². The Bertz CT molecular complexity index is 6650. The molecule has 12 heteroatoms. The molecule has 120 heavy (non-hydrogen) atoms. The first-order valence-corrected chi connectivity index (χ1v) is 41.2. The molecule has 12 aromatic carbocycles. The minimum absolute atomic E-state index is 0. The number of hydrogen-bond acceptors (Lipinski definition) is 9. The quantitative estimate of drug-likeness (QED) is 0.134. The Labute approximate surface area is 754 Å². The summed E-state index contributed by atoms with van der Waals surface area (Å²) in [5.41, 5.74) is 26.7. The smallest absolute Gasteiger partial charge is 0.0246 e. The number of thiophene rings is 3. The molecular weight excluding hydrogens is 2050 g/mol. The first-order chi connectivity index (χ1) is 57.5. The molecular formula is C108H78Ir3N6S3-6. The van der Waals surface area contributed by atoms with Gasteiger partial charge < -0.3 is 29.9 Å². The Morgan fingerprint density at radius 3 is 1.02 bits per heavy atom. The number of pyridine rings is 6. The van der Waals surface area contributed by atoms with Crippen molar-refractivity contribution in [1.29, 1.82) is 0 Å². The molecule has 6 nitrogen and oxygen atoms in total. The molecule has 0 amide bonds. The van der Waals surface area contributed by atoms with Crippen LogP contribution in [0, 0.1) is 77.9 Å². The third-order valence-electron chi connectivity index (χ3n) is 20.1. The van der Waals surface area contributed by atoms with Crippen molar-refractivity contribution in [3.05, 3.63) is 435 Å². The van der Waals surface area contributed by atoms with Crippen molar-refractivity contribution in [2.45, 2.75) is 41.5 Å². The normalized spacial score (nSPS) is 10.6. The van der Waals surface area contributed by atoms with Crippen LogP contribution in [-0.2, 0) is 60.3 Å². The van der Waals surface area contributed by atoms with Crippen LogP contribution in [0.1, 0.15) is 33.4 Å². The summed E-state index contributed by atoms with van der Waals surface area (Å²) in [6.45, 7) is 12.6. The Morgan fingerprint density at radius 2 is 0.592 bits per heavy atom. The largest absolute Gasteiger partial charge is 0.305 e. The van der Waals surface area contributed by atoms with Gasteiger partial charge in [0.1, 0.15) is 0 Å². The molecule has 0 saturated heterocycles. The van der Waals surface area contributed by atoms with Gasteiger partial charge in [-0.05, 0) is 176 Å². The van der Waals surface area contributed by atoms with Crippen LogP contribution in [0.3, 0.4) is 0 Å². The summed E-state index contributed by atoms with van der Waals surface area (Å²) in [6, 6.07) is 132. The average Bonchev–Trinajstić information content (AvgIpc) is 1.62. The third-order valence-corrected chi connectivity index (χ3v) is 23.5. The molecule has 21 aromatic rings. The summed E-state index contributed by atoms with van der Waals surface area (Å²) in [6.07, 6.45) is 11.4. The molecule has 0 spiro atoms. The number of nitrogens with zero attached hydrogens (tertiary/aromatic N) is 6. The fraction of sp³-hybridized carbons (Fsp3) is 0.0556. The maximum atomic E-state index is 4.55. The summed E-state index contributed by atoms with van der Waals surface area (Å²) in [5, 5.41) is 7.81. The zero-order valence-corrected chi connectivity index (χ0v) is 76.2. The molecule has 9 aromatic heterocycles. The monoisotopic (exact) mass is 2130 g/mol. The van der Waals surface area contributed by atoms with Crippen molar-refractivity contribution in [3.8, 4) is 101 Å². The van der Waals surface area contributed by atoms with Gasteiger partial charge in [0.25, 0.3) is 0 Å². The van der Waals surface area contributed by atoms with Crippen molar-refractivity contribution in [2.24, 2.45) is 0 Å². The Balaban J connectivity index is 0.000000124. The first-order valence-electron chi connectivity index (χ1n) is 38.7. The second kappa shape index (κ2) is 41.2. The van der Waals surface area contributed by atoms with Crippen LogP contribution in [0.25, 0.3) is 161 Å². The maximum absolute atomic E-state index is 4.55. The molecule has 0 N–H and O–H groups in total. The minimum atomic E-state index is 0. The Kier molecular flexibility index (Phi) is 29.5. The molecule has 0 fully saturated rings. The van der Waals surface area contributed by atoms with E-state index in [9.17, 15) is 0 Å². The van der Waals surface area contributed by atoms with E-state index >= 15 is 0 Å². The molecule has 0 aliphatic heterocycles. The molecule has 9 heterocycles. The second-order valence-corrected chi connectivity index (χ2v) is 31.6. The second-order valence-electron chi connectivity index (χ2n) is 28.4. The van der Waals surface area contributed by atoms with E-state index in [1.165, 1.54) is 127 Å². The van der Waals surface area contributed by atoms with Gasteiger partial charge >= 0.3 is 0 Å². The van der Waals surface area contributed by atoms with E-state index in [1.807, 2.05) is 223 Å². The number of hydrogen-bond donors (Lipinski definition) is 0. The maximum Gasteiger partial charge on any atom is 0.0246 e. The van der Waals surface area contributed by atoms with Crippen LogP contribution in [0.15, 0.2) is 365 Å². The number of aryl methyl sites for hydroxylation is 6. The molecule has 0 unspecified atom stereocenters. The minimum Gasteiger partial charge on any atom is -0.305 e. The van der Waals surface area contributed by atoms with Crippen molar-refractivity contribution in [1.82, 2.24) is 29.9 Å². The van der Waals surface area contributed by atoms with E-state index < -0.39 is 0 Å². The van der Waals surface area contributed by atoms with E-state index in [0.717, 1.165) is 67.5 Å². The molecule has 3 radical (unpaired) electrons. The van der Waals surface area contributed by atoms with E-state index in [0.29, 0.717) is 0 Å². The standard InChI is InChI=1S/3C18H12NS.3C18H14N.3Ir/c1-12-9-10-19-16(11-12)15-7-4-6-14-13-5-2-3-8-17(13)20-18(14)15;1-12-8-9-19-16(10-12)13-6-7-18-15(11-13)14-4-2-3-5-17(14)20-18;1-12-8-9-19-16(10-12)13-6-7-15-14-4-2-3-5-17(14)20-18(15)11-13;3*1-14-12-18(16-10-6-3-7-11-16)19-13-17(14)15-8-4-2-5-9-15;;;/h2-6,8-11H,1H3;2*2-5,7-11H,1H3;3*2-10,12-13H,1H3;;;/q6*-1;;;. The summed E-state index contributed by atoms with van der Waals surface area (Å²) < 4.78 is 7.81. The van der Waals surface area contributed by atoms with Crippen LogP contribution in [-0.4, -0.2) is 29.9 Å². The van der Waals surface area contributed by atoms with Crippen molar-refractivity contribution < 1.29 is 60.3 Å². The topological polar surface area (TPSA) is 77.3 Å². The predicted octanol–water partition coefficient (Wildman–Crippen LogP) is 29.2. The van der Waals surface area contributed by atoms with Gasteiger partial charge in [-0.25, -0.2) is 0 Å². The summed E-state index contributed by atoms with van der Waals surface area (Å²) in [4.78, 5) is 27.1. The van der Waals surface area contributed by atoms with Crippen LogP contribution in [0.5, 0.6) is 0 Å². The fourth-order valence-electron chi connectivity index (χ4n) is 14.1. The average molecular weight is 2130 g/mol. The zero-order chi connectivity index (χ0) is 79.8. The van der Waals surface area contributed by atoms with Crippen LogP contribution < -0.4 is 0 Å². The van der Waals surface area contributed by atoms with Gasteiger partial charge in [-0.15, -0.1) is 179 Å². The van der Waals surface area contributed by atoms with E-state index in [-0.39, 0.29) is 60.3 Å². The number of rotatable bonds is 9. The molecule has 21 rings (SSSR count). The number of fused-ring (bicyclic) bond motifs is 9. The zero-order valence-electron chi connectivity index (χ0n) is 66.5. The molecule has 0 aliphatic carbocycles. The van der Waals surface area contributed by atoms with Gasteiger partial charge in [0, 0.05) is 128 Å². The van der Waals surface area contributed by atoms with Gasteiger partial charge in [-0.2, -0.15) is 34.0 Å². The molecule has 0 atom stereocenters.